The Morgan fingerprint density at radius 3 is 2.60 bits per heavy atom. The van der Waals surface area contributed by atoms with Crippen molar-refractivity contribution in [2.75, 3.05) is 0 Å². The number of hydrogen-bond donors (Lipinski definition) is 1. The van der Waals surface area contributed by atoms with Crippen LogP contribution in [0.4, 0.5) is 17.6 Å². The number of allylic oxidation sites excluding steroid dienone is 2. The van der Waals surface area contributed by atoms with Gasteiger partial charge in [0.2, 0.25) is 0 Å². The van der Waals surface area contributed by atoms with E-state index in [0.717, 1.165) is 5.37 Å². The molecule has 0 saturated heterocycles. The Balaban J connectivity index is 2.85. The molecular formula is C9H9F4NS. The fourth-order valence-corrected chi connectivity index (χ4v) is 1.71. The van der Waals surface area contributed by atoms with Gasteiger partial charge in [0.05, 0.1) is 0 Å². The summed E-state index contributed by atoms with van der Waals surface area (Å²) in [5.74, 6) is -0.751. The zero-order chi connectivity index (χ0) is 11.6. The zero-order valence-corrected chi connectivity index (χ0v) is 8.46. The van der Waals surface area contributed by atoms with Gasteiger partial charge in [0, 0.05) is 22.6 Å². The topological polar surface area (TPSA) is 23.9 Å². The van der Waals surface area contributed by atoms with Crippen molar-refractivity contribution in [3.8, 4) is 0 Å². The predicted molar refractivity (Wildman–Crippen MR) is 53.1 cm³/mol. The minimum absolute atomic E-state index is 0.0917. The van der Waals surface area contributed by atoms with Crippen LogP contribution in [0.5, 0.6) is 0 Å². The molecule has 2 unspecified atom stereocenters. The Kier molecular flexibility index (Phi) is 3.59. The van der Waals surface area contributed by atoms with E-state index in [1.165, 1.54) is 0 Å². The van der Waals surface area contributed by atoms with Gasteiger partial charge in [-0.2, -0.15) is 13.2 Å². The molecule has 0 heterocycles. The van der Waals surface area contributed by atoms with Gasteiger partial charge in [-0.05, 0) is 18.9 Å². The summed E-state index contributed by atoms with van der Waals surface area (Å²) < 4.78 is 49.9. The Hall–Kier alpha value is -0.780. The molecule has 0 aromatic heterocycles. The van der Waals surface area contributed by atoms with Crippen LogP contribution in [0.25, 0.3) is 0 Å². The summed E-state index contributed by atoms with van der Waals surface area (Å²) in [4.78, 5) is 0. The largest absolute Gasteiger partial charge is 0.412 e. The van der Waals surface area contributed by atoms with E-state index < -0.39 is 23.8 Å². The maximum atomic E-state index is 13.0. The monoisotopic (exact) mass is 239 g/mol. The van der Waals surface area contributed by atoms with E-state index in [-0.39, 0.29) is 18.6 Å². The quantitative estimate of drug-likeness (QED) is 0.340. The molecule has 0 aromatic rings. The molecule has 0 saturated carbocycles. The number of hydrogen-bond acceptors (Lipinski definition) is 2. The fraction of sp³-hybridized carbons (Fsp3) is 0.556. The van der Waals surface area contributed by atoms with Crippen LogP contribution in [0.1, 0.15) is 12.8 Å². The average Bonchev–Trinajstić information content (AvgIpc) is 2.14. The lowest BCUT2D eigenvalue weighted by Gasteiger charge is -2.25. The first-order valence-corrected chi connectivity index (χ1v) is 4.77. The van der Waals surface area contributed by atoms with Gasteiger partial charge in [0.25, 0.3) is 0 Å². The molecule has 2 atom stereocenters. The normalized spacial score (nSPS) is 27.1. The standard InChI is InChI=1S/C9H9F4NS/c10-7-2-5(8(14)4-15)1-6(3-7)9(11,12)13/h3-5,7,14H,1-2H2. The molecule has 0 aliphatic heterocycles. The third-order valence-electron chi connectivity index (χ3n) is 2.29. The number of nitrogens with one attached hydrogen (secondary N) is 1. The summed E-state index contributed by atoms with van der Waals surface area (Å²) in [6, 6.07) is 0. The Bertz CT molecular complexity index is 308. The smallest absolute Gasteiger partial charge is 0.304 e. The van der Waals surface area contributed by atoms with Gasteiger partial charge in [-0.15, -0.1) is 0 Å². The maximum absolute atomic E-state index is 13.0. The van der Waals surface area contributed by atoms with Crippen LogP contribution in [-0.2, 0) is 0 Å². The van der Waals surface area contributed by atoms with Crippen LogP contribution in [0.3, 0.4) is 0 Å². The first-order chi connectivity index (χ1) is 6.84. The molecule has 1 aliphatic rings. The van der Waals surface area contributed by atoms with E-state index in [2.05, 4.69) is 12.2 Å². The molecule has 1 aliphatic carbocycles. The summed E-state index contributed by atoms with van der Waals surface area (Å²) in [6.45, 7) is 0. The molecule has 1 N–H and O–H groups in total. The molecule has 15 heavy (non-hydrogen) atoms. The predicted octanol–water partition coefficient (Wildman–Crippen LogP) is 3.24. The summed E-state index contributed by atoms with van der Waals surface area (Å²) in [7, 11) is 0. The SMILES string of the molecule is N=C(C=S)C1CC(C(F)(F)F)=CC(F)C1. The number of thiocarbonyl (C=S) groups is 1. The molecule has 0 aromatic carbocycles. The second kappa shape index (κ2) is 4.38. The van der Waals surface area contributed by atoms with Gasteiger partial charge >= 0.3 is 6.18 Å². The molecule has 84 valence electrons. The maximum Gasteiger partial charge on any atom is 0.412 e. The van der Waals surface area contributed by atoms with Gasteiger partial charge in [-0.25, -0.2) is 4.39 Å². The average molecular weight is 239 g/mol. The van der Waals surface area contributed by atoms with Crippen LogP contribution in [0.15, 0.2) is 11.6 Å². The highest BCUT2D eigenvalue weighted by atomic mass is 32.1. The van der Waals surface area contributed by atoms with Crippen molar-refractivity contribution in [2.45, 2.75) is 25.2 Å². The molecule has 0 amide bonds. The molecule has 0 spiro atoms. The van der Waals surface area contributed by atoms with E-state index >= 15 is 0 Å². The van der Waals surface area contributed by atoms with Crippen molar-refractivity contribution >= 4 is 23.3 Å². The zero-order valence-electron chi connectivity index (χ0n) is 7.64. The van der Waals surface area contributed by atoms with Crippen molar-refractivity contribution in [3.63, 3.8) is 0 Å². The van der Waals surface area contributed by atoms with Crippen LogP contribution in [0, 0.1) is 11.3 Å². The highest BCUT2D eigenvalue weighted by Crippen LogP contribution is 2.36. The molecule has 0 radical (unpaired) electrons. The van der Waals surface area contributed by atoms with Crippen molar-refractivity contribution in [2.24, 2.45) is 5.92 Å². The van der Waals surface area contributed by atoms with Gasteiger partial charge in [0.15, 0.2) is 0 Å². The summed E-state index contributed by atoms with van der Waals surface area (Å²) >= 11 is 4.45. The summed E-state index contributed by atoms with van der Waals surface area (Å²) in [5, 5.41) is 8.29. The van der Waals surface area contributed by atoms with Gasteiger partial charge < -0.3 is 5.41 Å². The number of alkyl halides is 4. The second-order valence-electron chi connectivity index (χ2n) is 3.42. The van der Waals surface area contributed by atoms with Crippen LogP contribution in [0.2, 0.25) is 0 Å². The first-order valence-electron chi connectivity index (χ1n) is 4.30. The molecule has 1 rings (SSSR count). The molecule has 1 nitrogen and oxygen atoms in total. The minimum atomic E-state index is -4.51. The third kappa shape index (κ3) is 3.09. The van der Waals surface area contributed by atoms with E-state index in [1.54, 1.807) is 0 Å². The van der Waals surface area contributed by atoms with Crippen molar-refractivity contribution in [3.05, 3.63) is 11.6 Å². The van der Waals surface area contributed by atoms with Gasteiger partial charge in [0.1, 0.15) is 6.17 Å². The highest BCUT2D eigenvalue weighted by Gasteiger charge is 2.39. The molecule has 0 fully saturated rings. The van der Waals surface area contributed by atoms with Crippen LogP contribution < -0.4 is 0 Å². The Morgan fingerprint density at radius 2 is 2.13 bits per heavy atom. The number of halogens is 4. The lowest BCUT2D eigenvalue weighted by molar-refractivity contribution is -0.0965. The first kappa shape index (κ1) is 12.3. The number of rotatable bonds is 2. The third-order valence-corrected chi connectivity index (χ3v) is 2.54. The molecule has 0 bridgehead atoms. The van der Waals surface area contributed by atoms with E-state index in [9.17, 15) is 17.6 Å². The Morgan fingerprint density at radius 1 is 1.53 bits per heavy atom. The van der Waals surface area contributed by atoms with Crippen molar-refractivity contribution in [1.29, 1.82) is 5.41 Å². The lowest BCUT2D eigenvalue weighted by atomic mass is 9.85. The molecular weight excluding hydrogens is 230 g/mol. The van der Waals surface area contributed by atoms with Crippen LogP contribution >= 0.6 is 12.2 Å². The van der Waals surface area contributed by atoms with E-state index in [0.29, 0.717) is 6.08 Å². The Labute approximate surface area is 89.7 Å². The van der Waals surface area contributed by atoms with Gasteiger partial charge in [-0.1, -0.05) is 12.2 Å². The van der Waals surface area contributed by atoms with Crippen LogP contribution in [-0.4, -0.2) is 23.4 Å². The lowest BCUT2D eigenvalue weighted by Crippen LogP contribution is -2.28. The van der Waals surface area contributed by atoms with Gasteiger partial charge in [-0.3, -0.25) is 0 Å². The second-order valence-corrected chi connectivity index (χ2v) is 3.65. The van der Waals surface area contributed by atoms with E-state index in [1.807, 2.05) is 0 Å². The summed E-state index contributed by atoms with van der Waals surface area (Å²) in [5.41, 5.74) is -1.00. The fourth-order valence-electron chi connectivity index (χ4n) is 1.52. The highest BCUT2D eigenvalue weighted by molar-refractivity contribution is 7.80. The molecule has 6 heteroatoms. The van der Waals surface area contributed by atoms with Crippen molar-refractivity contribution in [1.82, 2.24) is 0 Å². The summed E-state index contributed by atoms with van der Waals surface area (Å²) in [6.07, 6.45) is -6.00. The minimum Gasteiger partial charge on any atom is -0.304 e. The van der Waals surface area contributed by atoms with E-state index in [4.69, 9.17) is 5.41 Å². The van der Waals surface area contributed by atoms with Crippen molar-refractivity contribution < 1.29 is 17.6 Å².